The summed E-state index contributed by atoms with van der Waals surface area (Å²) in [6, 6.07) is 12.8. The molecule has 2 fully saturated rings. The molecule has 0 radical (unpaired) electrons. The monoisotopic (exact) mass is 433 g/mol. The van der Waals surface area contributed by atoms with Crippen molar-refractivity contribution in [3.63, 3.8) is 0 Å². The standard InChI is InChI=1S/C26H31N3O3/c1-17-16-20(26(32)29-15-7-6-8-18(29)2)13-14-22(17)27-24(30)21-9-4-5-10-23(21)28(3)25(31)19-11-12-19/h4-5,9-10,13-14,16,18-19H,6-8,11-12,15H2,1-3H3,(H,27,30). The fourth-order valence-electron chi connectivity index (χ4n) is 4.37. The number of benzene rings is 2. The van der Waals surface area contributed by atoms with Gasteiger partial charge in [-0.2, -0.15) is 0 Å². The topological polar surface area (TPSA) is 69.7 Å². The highest BCUT2D eigenvalue weighted by atomic mass is 16.2. The number of amides is 3. The molecule has 6 nitrogen and oxygen atoms in total. The number of carbonyl (C=O) groups excluding carboxylic acids is 3. The van der Waals surface area contributed by atoms with Gasteiger partial charge in [-0.1, -0.05) is 12.1 Å². The van der Waals surface area contributed by atoms with Crippen LogP contribution in [0, 0.1) is 12.8 Å². The van der Waals surface area contributed by atoms with Crippen LogP contribution in [0.3, 0.4) is 0 Å². The minimum Gasteiger partial charge on any atom is -0.336 e. The summed E-state index contributed by atoms with van der Waals surface area (Å²) in [5.41, 5.74) is 3.18. The van der Waals surface area contributed by atoms with Crippen molar-refractivity contribution in [2.75, 3.05) is 23.8 Å². The highest BCUT2D eigenvalue weighted by Gasteiger charge is 2.33. The first-order chi connectivity index (χ1) is 15.4. The van der Waals surface area contributed by atoms with E-state index in [-0.39, 0.29) is 29.7 Å². The lowest BCUT2D eigenvalue weighted by atomic mass is 10.0. The number of piperidine rings is 1. The second-order valence-electron chi connectivity index (χ2n) is 9.02. The van der Waals surface area contributed by atoms with Gasteiger partial charge in [0, 0.05) is 36.8 Å². The molecular weight excluding hydrogens is 402 g/mol. The number of likely N-dealkylation sites (tertiary alicyclic amines) is 1. The van der Waals surface area contributed by atoms with Crippen LogP contribution in [0.25, 0.3) is 0 Å². The van der Waals surface area contributed by atoms with Crippen molar-refractivity contribution in [3.8, 4) is 0 Å². The van der Waals surface area contributed by atoms with E-state index in [0.717, 1.165) is 44.2 Å². The lowest BCUT2D eigenvalue weighted by Crippen LogP contribution is -2.42. The lowest BCUT2D eigenvalue weighted by Gasteiger charge is -2.33. The minimum absolute atomic E-state index is 0.0451. The van der Waals surface area contributed by atoms with Crippen molar-refractivity contribution >= 4 is 29.1 Å². The van der Waals surface area contributed by atoms with Crippen LogP contribution in [-0.2, 0) is 4.79 Å². The molecule has 1 unspecified atom stereocenters. The second-order valence-corrected chi connectivity index (χ2v) is 9.02. The predicted octanol–water partition coefficient (Wildman–Crippen LogP) is 4.63. The molecule has 2 aromatic rings. The molecule has 0 aromatic heterocycles. The summed E-state index contributed by atoms with van der Waals surface area (Å²) in [6.45, 7) is 4.78. The Morgan fingerprint density at radius 1 is 1.03 bits per heavy atom. The van der Waals surface area contributed by atoms with Gasteiger partial charge < -0.3 is 15.1 Å². The number of para-hydroxylation sites is 1. The summed E-state index contributed by atoms with van der Waals surface area (Å²) in [4.78, 5) is 42.1. The van der Waals surface area contributed by atoms with Crippen LogP contribution in [0.4, 0.5) is 11.4 Å². The number of hydrogen-bond acceptors (Lipinski definition) is 3. The zero-order valence-corrected chi connectivity index (χ0v) is 19.1. The first-order valence-electron chi connectivity index (χ1n) is 11.5. The van der Waals surface area contributed by atoms with Gasteiger partial charge in [0.25, 0.3) is 11.8 Å². The Hall–Kier alpha value is -3.15. The van der Waals surface area contributed by atoms with Crippen LogP contribution < -0.4 is 10.2 Å². The van der Waals surface area contributed by atoms with E-state index in [1.165, 1.54) is 0 Å². The molecule has 3 amide bonds. The average Bonchev–Trinajstić information content (AvgIpc) is 3.65. The third kappa shape index (κ3) is 4.54. The van der Waals surface area contributed by atoms with Gasteiger partial charge in [0.05, 0.1) is 11.3 Å². The molecule has 6 heteroatoms. The van der Waals surface area contributed by atoms with Crippen molar-refractivity contribution in [1.29, 1.82) is 0 Å². The summed E-state index contributed by atoms with van der Waals surface area (Å²) in [5, 5.41) is 2.96. The third-order valence-electron chi connectivity index (χ3n) is 6.55. The number of aryl methyl sites for hydroxylation is 1. The Bertz CT molecular complexity index is 1040. The van der Waals surface area contributed by atoms with Crippen molar-refractivity contribution in [3.05, 3.63) is 59.2 Å². The molecule has 2 aliphatic rings. The van der Waals surface area contributed by atoms with Crippen LogP contribution in [0.2, 0.25) is 0 Å². The molecule has 1 atom stereocenters. The normalized spacial score (nSPS) is 18.2. The highest BCUT2D eigenvalue weighted by molar-refractivity contribution is 6.11. The van der Waals surface area contributed by atoms with E-state index < -0.39 is 0 Å². The molecular formula is C26H31N3O3. The van der Waals surface area contributed by atoms with E-state index in [1.54, 1.807) is 42.3 Å². The number of rotatable bonds is 5. The second kappa shape index (κ2) is 9.15. The van der Waals surface area contributed by atoms with E-state index in [9.17, 15) is 14.4 Å². The maximum Gasteiger partial charge on any atom is 0.257 e. The smallest absolute Gasteiger partial charge is 0.257 e. The zero-order chi connectivity index (χ0) is 22.8. The first kappa shape index (κ1) is 22.1. The molecule has 0 spiro atoms. The average molecular weight is 434 g/mol. The van der Waals surface area contributed by atoms with E-state index in [2.05, 4.69) is 12.2 Å². The van der Waals surface area contributed by atoms with Gasteiger partial charge in [-0.15, -0.1) is 0 Å². The Morgan fingerprint density at radius 2 is 1.78 bits per heavy atom. The first-order valence-corrected chi connectivity index (χ1v) is 11.5. The molecule has 32 heavy (non-hydrogen) atoms. The van der Waals surface area contributed by atoms with Crippen LogP contribution in [-0.4, -0.2) is 42.3 Å². The lowest BCUT2D eigenvalue weighted by molar-refractivity contribution is -0.119. The molecule has 1 saturated carbocycles. The largest absolute Gasteiger partial charge is 0.336 e. The fraction of sp³-hybridized carbons (Fsp3) is 0.423. The maximum absolute atomic E-state index is 13.1. The Kier molecular flexibility index (Phi) is 6.31. The zero-order valence-electron chi connectivity index (χ0n) is 19.1. The van der Waals surface area contributed by atoms with Crippen molar-refractivity contribution in [2.24, 2.45) is 5.92 Å². The van der Waals surface area contributed by atoms with Gasteiger partial charge in [-0.25, -0.2) is 0 Å². The van der Waals surface area contributed by atoms with E-state index in [1.807, 2.05) is 24.0 Å². The summed E-state index contributed by atoms with van der Waals surface area (Å²) in [6.07, 6.45) is 5.07. The van der Waals surface area contributed by atoms with Crippen molar-refractivity contribution < 1.29 is 14.4 Å². The van der Waals surface area contributed by atoms with Crippen LogP contribution in [0.1, 0.15) is 65.3 Å². The van der Waals surface area contributed by atoms with Gasteiger partial charge in [0.1, 0.15) is 0 Å². The van der Waals surface area contributed by atoms with Gasteiger partial charge in [0.15, 0.2) is 0 Å². The van der Waals surface area contributed by atoms with Crippen molar-refractivity contribution in [1.82, 2.24) is 4.90 Å². The molecule has 4 rings (SSSR count). The van der Waals surface area contributed by atoms with Crippen LogP contribution in [0.5, 0.6) is 0 Å². The van der Waals surface area contributed by atoms with Gasteiger partial charge in [-0.3, -0.25) is 14.4 Å². The van der Waals surface area contributed by atoms with Gasteiger partial charge >= 0.3 is 0 Å². The molecule has 0 bridgehead atoms. The molecule has 168 valence electrons. The Labute approximate surface area is 189 Å². The number of hydrogen-bond donors (Lipinski definition) is 1. The van der Waals surface area contributed by atoms with Crippen LogP contribution >= 0.6 is 0 Å². The summed E-state index contributed by atoms with van der Waals surface area (Å²) >= 11 is 0. The number of anilines is 2. The Morgan fingerprint density at radius 3 is 2.47 bits per heavy atom. The molecule has 2 aromatic carbocycles. The highest BCUT2D eigenvalue weighted by Crippen LogP contribution is 2.33. The summed E-state index contributed by atoms with van der Waals surface area (Å²) in [7, 11) is 1.72. The quantitative estimate of drug-likeness (QED) is 0.747. The molecule has 1 N–H and O–H groups in total. The van der Waals surface area contributed by atoms with E-state index in [0.29, 0.717) is 22.5 Å². The molecule has 1 heterocycles. The molecule has 1 aliphatic carbocycles. The number of nitrogens with zero attached hydrogens (tertiary/aromatic N) is 2. The number of carbonyl (C=O) groups is 3. The third-order valence-corrected chi connectivity index (χ3v) is 6.55. The van der Waals surface area contributed by atoms with Crippen molar-refractivity contribution in [2.45, 2.75) is 52.0 Å². The summed E-state index contributed by atoms with van der Waals surface area (Å²) in [5.74, 6) is -0.103. The van der Waals surface area contributed by atoms with Gasteiger partial charge in [-0.05, 0) is 81.8 Å². The number of nitrogens with one attached hydrogen (secondary N) is 1. The molecule has 1 aliphatic heterocycles. The van der Waals surface area contributed by atoms with Gasteiger partial charge in [0.2, 0.25) is 5.91 Å². The minimum atomic E-state index is -0.275. The van der Waals surface area contributed by atoms with Crippen LogP contribution in [0.15, 0.2) is 42.5 Å². The SMILES string of the molecule is Cc1cc(C(=O)N2CCCCC2C)ccc1NC(=O)c1ccccc1N(C)C(=O)C1CC1. The fourth-order valence-corrected chi connectivity index (χ4v) is 4.37. The maximum atomic E-state index is 13.1. The Balaban J connectivity index is 1.51. The predicted molar refractivity (Wildman–Crippen MR) is 126 cm³/mol. The summed E-state index contributed by atoms with van der Waals surface area (Å²) < 4.78 is 0. The van der Waals surface area contributed by atoms with E-state index >= 15 is 0 Å². The molecule has 1 saturated heterocycles. The van der Waals surface area contributed by atoms with E-state index in [4.69, 9.17) is 0 Å².